The highest BCUT2D eigenvalue weighted by Gasteiger charge is 2.25. The van der Waals surface area contributed by atoms with Crippen molar-refractivity contribution in [2.45, 2.75) is 51.5 Å². The van der Waals surface area contributed by atoms with Crippen molar-refractivity contribution >= 4 is 17.9 Å². The molecule has 1 aliphatic carbocycles. The van der Waals surface area contributed by atoms with Crippen molar-refractivity contribution in [3.05, 3.63) is 23.5 Å². The number of rotatable bonds is 6. The lowest BCUT2D eigenvalue weighted by molar-refractivity contribution is -0.124. The van der Waals surface area contributed by atoms with Crippen LogP contribution in [0.5, 0.6) is 0 Å². The first kappa shape index (κ1) is 18.8. The zero-order valence-corrected chi connectivity index (χ0v) is 15.4. The molecule has 1 aromatic heterocycles. The second kappa shape index (κ2) is 9.09. The van der Waals surface area contributed by atoms with Gasteiger partial charge in [-0.2, -0.15) is 0 Å². The number of likely N-dealkylation sites (tertiary alicyclic amines) is 1. The van der Waals surface area contributed by atoms with Crippen LogP contribution in [-0.4, -0.2) is 51.7 Å². The van der Waals surface area contributed by atoms with E-state index in [0.29, 0.717) is 12.0 Å². The van der Waals surface area contributed by atoms with Crippen LogP contribution in [0.15, 0.2) is 12.3 Å². The number of hydroxylamine groups is 1. The number of nitrogens with one attached hydrogen (secondary N) is 2. The van der Waals surface area contributed by atoms with Gasteiger partial charge in [-0.1, -0.05) is 19.3 Å². The molecule has 0 aromatic carbocycles. The van der Waals surface area contributed by atoms with E-state index >= 15 is 0 Å². The molecule has 7 heteroatoms. The molecule has 26 heavy (non-hydrogen) atoms. The van der Waals surface area contributed by atoms with Gasteiger partial charge in [0.2, 0.25) is 5.95 Å². The molecule has 1 aliphatic heterocycles. The summed E-state index contributed by atoms with van der Waals surface area (Å²) in [6.45, 7) is 5.31. The van der Waals surface area contributed by atoms with E-state index in [4.69, 9.17) is 5.21 Å². The molecule has 0 radical (unpaired) electrons. The first-order valence-corrected chi connectivity index (χ1v) is 9.58. The van der Waals surface area contributed by atoms with E-state index in [2.05, 4.69) is 20.2 Å². The fraction of sp³-hybridized carbons (Fsp3) is 0.632. The van der Waals surface area contributed by atoms with Gasteiger partial charge in [-0.05, 0) is 38.2 Å². The van der Waals surface area contributed by atoms with Crippen LogP contribution in [-0.2, 0) is 4.79 Å². The van der Waals surface area contributed by atoms with Crippen LogP contribution < -0.4 is 10.8 Å². The monoisotopic (exact) mass is 359 g/mol. The summed E-state index contributed by atoms with van der Waals surface area (Å²) in [4.78, 5) is 22.5. The normalized spacial score (nSPS) is 22.0. The lowest BCUT2D eigenvalue weighted by Crippen LogP contribution is -2.31. The second-order valence-corrected chi connectivity index (χ2v) is 7.44. The Bertz CT molecular complexity index is 643. The van der Waals surface area contributed by atoms with Crippen LogP contribution >= 0.6 is 0 Å². The third-order valence-corrected chi connectivity index (χ3v) is 5.39. The number of amides is 1. The number of anilines is 1. The zero-order chi connectivity index (χ0) is 18.4. The van der Waals surface area contributed by atoms with Crippen LogP contribution in [0.3, 0.4) is 0 Å². The molecule has 0 bridgehead atoms. The molecular weight excluding hydrogens is 330 g/mol. The summed E-state index contributed by atoms with van der Waals surface area (Å²) < 4.78 is 0. The molecule has 1 unspecified atom stereocenters. The van der Waals surface area contributed by atoms with E-state index in [-0.39, 0.29) is 0 Å². The molecule has 1 aromatic rings. The van der Waals surface area contributed by atoms with E-state index in [9.17, 15) is 4.79 Å². The van der Waals surface area contributed by atoms with Crippen molar-refractivity contribution in [2.75, 3.05) is 25.0 Å². The fourth-order valence-corrected chi connectivity index (χ4v) is 3.95. The first-order chi connectivity index (χ1) is 12.6. The Balaban J connectivity index is 1.50. The quantitative estimate of drug-likeness (QED) is 0.410. The molecule has 1 saturated carbocycles. The Hall–Kier alpha value is -1.99. The molecule has 142 valence electrons. The molecule has 2 heterocycles. The maximum absolute atomic E-state index is 11.1. The van der Waals surface area contributed by atoms with Gasteiger partial charge in [0.05, 0.1) is 5.69 Å². The molecule has 2 fully saturated rings. The standard InChI is InChI=1S/C19H29N5O2/c1-14-16(7-8-18(25)23-26)11-20-19(21-14)22-17-9-10-24(13-17)12-15-5-3-2-4-6-15/h7-8,11,15,17,26H,2-6,9-10,12-13H2,1H3,(H,23,25)(H,20,21,22)/b8-7+. The van der Waals surface area contributed by atoms with E-state index in [1.165, 1.54) is 44.7 Å². The lowest BCUT2D eigenvalue weighted by Gasteiger charge is -2.26. The third kappa shape index (κ3) is 5.25. The van der Waals surface area contributed by atoms with Crippen LogP contribution in [0.2, 0.25) is 0 Å². The zero-order valence-electron chi connectivity index (χ0n) is 15.4. The van der Waals surface area contributed by atoms with E-state index in [1.807, 2.05) is 6.92 Å². The van der Waals surface area contributed by atoms with Crippen molar-refractivity contribution in [1.29, 1.82) is 0 Å². The average Bonchev–Trinajstić information content (AvgIpc) is 3.08. The van der Waals surface area contributed by atoms with Crippen molar-refractivity contribution in [2.24, 2.45) is 5.92 Å². The van der Waals surface area contributed by atoms with Gasteiger partial charge in [0.15, 0.2) is 0 Å². The van der Waals surface area contributed by atoms with Crippen molar-refractivity contribution in [1.82, 2.24) is 20.3 Å². The fourth-order valence-electron chi connectivity index (χ4n) is 3.95. The number of aromatic nitrogens is 2. The number of hydrogen-bond acceptors (Lipinski definition) is 6. The summed E-state index contributed by atoms with van der Waals surface area (Å²) in [5, 5.41) is 12.0. The van der Waals surface area contributed by atoms with Gasteiger partial charge in [-0.3, -0.25) is 10.0 Å². The van der Waals surface area contributed by atoms with Gasteiger partial charge in [0.1, 0.15) is 0 Å². The maximum atomic E-state index is 11.1. The van der Waals surface area contributed by atoms with Gasteiger partial charge in [-0.15, -0.1) is 0 Å². The van der Waals surface area contributed by atoms with Crippen LogP contribution in [0, 0.1) is 12.8 Å². The molecule has 2 aliphatic rings. The number of carbonyl (C=O) groups is 1. The molecule has 1 amide bonds. The average molecular weight is 359 g/mol. The Kier molecular flexibility index (Phi) is 6.57. The summed E-state index contributed by atoms with van der Waals surface area (Å²) in [5.41, 5.74) is 3.11. The molecule has 7 nitrogen and oxygen atoms in total. The maximum Gasteiger partial charge on any atom is 0.267 e. The molecule has 3 N–H and O–H groups in total. The Morgan fingerprint density at radius 3 is 2.88 bits per heavy atom. The van der Waals surface area contributed by atoms with Crippen LogP contribution in [0.25, 0.3) is 6.08 Å². The smallest absolute Gasteiger partial charge is 0.267 e. The number of nitrogens with zero attached hydrogens (tertiary/aromatic N) is 3. The summed E-state index contributed by atoms with van der Waals surface area (Å²) in [5.74, 6) is 0.939. The number of hydrogen-bond donors (Lipinski definition) is 3. The minimum Gasteiger partial charge on any atom is -0.350 e. The molecule has 0 spiro atoms. The largest absolute Gasteiger partial charge is 0.350 e. The molecule has 1 saturated heterocycles. The first-order valence-electron chi connectivity index (χ1n) is 9.58. The van der Waals surface area contributed by atoms with Gasteiger partial charge < -0.3 is 10.2 Å². The van der Waals surface area contributed by atoms with Crippen LogP contribution in [0.4, 0.5) is 5.95 Å². The summed E-state index contributed by atoms with van der Waals surface area (Å²) >= 11 is 0. The minimum atomic E-state index is -0.574. The third-order valence-electron chi connectivity index (χ3n) is 5.39. The van der Waals surface area contributed by atoms with Gasteiger partial charge in [0, 0.05) is 43.5 Å². The minimum absolute atomic E-state index is 0.388. The van der Waals surface area contributed by atoms with E-state index in [0.717, 1.165) is 36.7 Å². The van der Waals surface area contributed by atoms with Crippen LogP contribution in [0.1, 0.15) is 49.8 Å². The SMILES string of the molecule is Cc1nc(NC2CCN(CC3CCCCC3)C2)ncc1/C=C/C(=O)NO. The topological polar surface area (TPSA) is 90.4 Å². The van der Waals surface area contributed by atoms with E-state index in [1.54, 1.807) is 17.8 Å². The summed E-state index contributed by atoms with van der Waals surface area (Å²) in [7, 11) is 0. The number of aryl methyl sites for hydroxylation is 1. The Labute approximate surface area is 154 Å². The summed E-state index contributed by atoms with van der Waals surface area (Å²) in [6, 6.07) is 0.388. The van der Waals surface area contributed by atoms with Gasteiger partial charge in [-0.25, -0.2) is 15.4 Å². The predicted octanol–water partition coefficient (Wildman–Crippen LogP) is 2.37. The van der Waals surface area contributed by atoms with Crippen molar-refractivity contribution < 1.29 is 10.0 Å². The lowest BCUT2D eigenvalue weighted by atomic mass is 9.89. The second-order valence-electron chi connectivity index (χ2n) is 7.44. The highest BCUT2D eigenvalue weighted by atomic mass is 16.5. The van der Waals surface area contributed by atoms with Crippen molar-refractivity contribution in [3.63, 3.8) is 0 Å². The molecular formula is C19H29N5O2. The van der Waals surface area contributed by atoms with Gasteiger partial charge in [0.25, 0.3) is 5.91 Å². The Morgan fingerprint density at radius 2 is 2.15 bits per heavy atom. The highest BCUT2D eigenvalue weighted by molar-refractivity contribution is 5.90. The number of carbonyl (C=O) groups excluding carboxylic acids is 1. The highest BCUT2D eigenvalue weighted by Crippen LogP contribution is 2.26. The van der Waals surface area contributed by atoms with Crippen molar-refractivity contribution in [3.8, 4) is 0 Å². The van der Waals surface area contributed by atoms with Gasteiger partial charge >= 0.3 is 0 Å². The Morgan fingerprint density at radius 1 is 1.35 bits per heavy atom. The summed E-state index contributed by atoms with van der Waals surface area (Å²) in [6.07, 6.45) is 12.6. The molecule has 3 rings (SSSR count). The predicted molar refractivity (Wildman–Crippen MR) is 101 cm³/mol. The van der Waals surface area contributed by atoms with E-state index < -0.39 is 5.91 Å². The molecule has 1 atom stereocenters.